The molecule has 0 unspecified atom stereocenters. The van der Waals surface area contributed by atoms with Crippen molar-refractivity contribution in [2.75, 3.05) is 11.9 Å². The predicted molar refractivity (Wildman–Crippen MR) is 90.9 cm³/mol. The van der Waals surface area contributed by atoms with Crippen LogP contribution in [0, 0.1) is 12.8 Å². The second-order valence-electron chi connectivity index (χ2n) is 6.16. The molecule has 6 nitrogen and oxygen atoms in total. The number of nitrogens with one attached hydrogen (secondary N) is 1. The summed E-state index contributed by atoms with van der Waals surface area (Å²) < 4.78 is 6.99. The van der Waals surface area contributed by atoms with Crippen molar-refractivity contribution in [1.82, 2.24) is 14.6 Å². The Morgan fingerprint density at radius 1 is 1.38 bits per heavy atom. The van der Waals surface area contributed by atoms with Gasteiger partial charge in [0.15, 0.2) is 5.82 Å². The molecule has 0 aliphatic heterocycles. The van der Waals surface area contributed by atoms with Crippen LogP contribution in [-0.4, -0.2) is 27.3 Å². The van der Waals surface area contributed by atoms with Crippen molar-refractivity contribution in [2.45, 2.75) is 19.8 Å². The highest BCUT2D eigenvalue weighted by Crippen LogP contribution is 2.29. The summed E-state index contributed by atoms with van der Waals surface area (Å²) in [5.41, 5.74) is 3.53. The lowest BCUT2D eigenvalue weighted by Crippen LogP contribution is -2.15. The predicted octanol–water partition coefficient (Wildman–Crippen LogP) is 3.66. The van der Waals surface area contributed by atoms with E-state index >= 15 is 0 Å². The molecule has 0 saturated heterocycles. The molecule has 1 aliphatic rings. The zero-order valence-electron chi connectivity index (χ0n) is 13.4. The minimum atomic E-state index is -0.418. The van der Waals surface area contributed by atoms with Crippen LogP contribution in [0.2, 0.25) is 0 Å². The van der Waals surface area contributed by atoms with E-state index in [4.69, 9.17) is 4.74 Å². The maximum Gasteiger partial charge on any atom is 0.411 e. The number of fused-ring (bicyclic) bond motifs is 1. The van der Waals surface area contributed by atoms with Crippen molar-refractivity contribution in [3.05, 3.63) is 48.3 Å². The summed E-state index contributed by atoms with van der Waals surface area (Å²) in [6, 6.07) is 9.54. The summed E-state index contributed by atoms with van der Waals surface area (Å²) in [4.78, 5) is 16.3. The van der Waals surface area contributed by atoms with E-state index in [9.17, 15) is 4.79 Å². The van der Waals surface area contributed by atoms with Gasteiger partial charge in [0.1, 0.15) is 0 Å². The van der Waals surface area contributed by atoms with Gasteiger partial charge >= 0.3 is 6.09 Å². The highest BCUT2D eigenvalue weighted by molar-refractivity contribution is 5.86. The second-order valence-corrected chi connectivity index (χ2v) is 6.16. The Morgan fingerprint density at radius 2 is 2.25 bits per heavy atom. The number of hydrogen-bond donors (Lipinski definition) is 1. The number of carbonyl (C=O) groups is 1. The summed E-state index contributed by atoms with van der Waals surface area (Å²) in [5.74, 6) is 1.16. The molecule has 1 aliphatic carbocycles. The average molecular weight is 322 g/mol. The minimum Gasteiger partial charge on any atom is -0.449 e. The van der Waals surface area contributed by atoms with E-state index in [1.807, 2.05) is 43.5 Å². The van der Waals surface area contributed by atoms with Crippen LogP contribution in [0.4, 0.5) is 10.5 Å². The molecule has 2 heterocycles. The van der Waals surface area contributed by atoms with Gasteiger partial charge in [0.25, 0.3) is 0 Å². The molecule has 6 heteroatoms. The van der Waals surface area contributed by atoms with Crippen molar-refractivity contribution < 1.29 is 9.53 Å². The molecule has 0 radical (unpaired) electrons. The minimum absolute atomic E-state index is 0.418. The van der Waals surface area contributed by atoms with Crippen molar-refractivity contribution in [3.63, 3.8) is 0 Å². The molecule has 0 bridgehead atoms. The maximum atomic E-state index is 11.8. The van der Waals surface area contributed by atoms with E-state index < -0.39 is 6.09 Å². The summed E-state index contributed by atoms with van der Waals surface area (Å²) >= 11 is 0. The van der Waals surface area contributed by atoms with Crippen molar-refractivity contribution in [2.24, 2.45) is 5.92 Å². The Balaban J connectivity index is 1.56. The molecule has 3 aromatic rings. The Morgan fingerprint density at radius 3 is 3.08 bits per heavy atom. The monoisotopic (exact) mass is 322 g/mol. The van der Waals surface area contributed by atoms with Gasteiger partial charge in [-0.2, -0.15) is 0 Å². The molecular formula is C18H18N4O2. The molecule has 122 valence electrons. The zero-order valence-corrected chi connectivity index (χ0v) is 13.4. The van der Waals surface area contributed by atoms with E-state index in [1.54, 1.807) is 10.7 Å². The standard InChI is InChI=1S/C18H18N4O2/c1-12-4-7-14(20-18(23)24-11-13-5-6-13)9-16(12)17-19-10-15-3-2-8-22(15)21-17/h2-4,7-10,13H,5-6,11H2,1H3,(H,20,23). The maximum absolute atomic E-state index is 11.8. The second kappa shape index (κ2) is 5.96. The number of aromatic nitrogens is 3. The molecule has 2 aromatic heterocycles. The van der Waals surface area contributed by atoms with Crippen LogP contribution in [0.25, 0.3) is 16.9 Å². The van der Waals surface area contributed by atoms with Gasteiger partial charge in [-0.1, -0.05) is 6.07 Å². The van der Waals surface area contributed by atoms with Crippen LogP contribution in [0.15, 0.2) is 42.7 Å². The van der Waals surface area contributed by atoms with Gasteiger partial charge in [-0.3, -0.25) is 5.32 Å². The molecule has 1 amide bonds. The summed E-state index contributed by atoms with van der Waals surface area (Å²) in [7, 11) is 0. The number of aryl methyl sites for hydroxylation is 1. The van der Waals surface area contributed by atoms with E-state index in [0.717, 1.165) is 29.5 Å². The molecule has 1 aromatic carbocycles. The number of hydrogen-bond acceptors (Lipinski definition) is 4. The van der Waals surface area contributed by atoms with Crippen molar-refractivity contribution in [3.8, 4) is 11.4 Å². The molecule has 0 atom stereocenters. The third kappa shape index (κ3) is 3.08. The zero-order chi connectivity index (χ0) is 16.5. The lowest BCUT2D eigenvalue weighted by Gasteiger charge is -2.10. The molecule has 0 spiro atoms. The van der Waals surface area contributed by atoms with Crippen LogP contribution in [-0.2, 0) is 4.74 Å². The smallest absolute Gasteiger partial charge is 0.411 e. The fourth-order valence-corrected chi connectivity index (χ4v) is 2.53. The molecular weight excluding hydrogens is 304 g/mol. The Kier molecular flexibility index (Phi) is 3.65. The first-order valence-electron chi connectivity index (χ1n) is 8.04. The molecule has 1 saturated carbocycles. The Labute approximate surface area is 139 Å². The Hall–Kier alpha value is -2.89. The first kappa shape index (κ1) is 14.7. The highest BCUT2D eigenvalue weighted by Gasteiger charge is 2.23. The summed E-state index contributed by atoms with van der Waals surface area (Å²) in [6.45, 7) is 2.49. The van der Waals surface area contributed by atoms with E-state index in [-0.39, 0.29) is 0 Å². The van der Waals surface area contributed by atoms with Gasteiger partial charge in [-0.25, -0.2) is 14.3 Å². The summed E-state index contributed by atoms with van der Waals surface area (Å²) in [5, 5.41) is 7.29. The highest BCUT2D eigenvalue weighted by atomic mass is 16.5. The SMILES string of the molecule is Cc1ccc(NC(=O)OCC2CC2)cc1-c1ncc2cccn2n1. The van der Waals surface area contributed by atoms with Crippen LogP contribution < -0.4 is 5.32 Å². The number of ether oxygens (including phenoxy) is 1. The molecule has 1 N–H and O–H groups in total. The third-order valence-corrected chi connectivity index (χ3v) is 4.15. The number of carbonyl (C=O) groups excluding carboxylic acids is 1. The van der Waals surface area contributed by atoms with Gasteiger partial charge in [0, 0.05) is 17.4 Å². The number of rotatable bonds is 4. The largest absolute Gasteiger partial charge is 0.449 e. The fraction of sp³-hybridized carbons (Fsp3) is 0.278. The third-order valence-electron chi connectivity index (χ3n) is 4.15. The number of amides is 1. The topological polar surface area (TPSA) is 68.5 Å². The lowest BCUT2D eigenvalue weighted by molar-refractivity contribution is 0.156. The van der Waals surface area contributed by atoms with Gasteiger partial charge in [-0.05, 0) is 55.5 Å². The van der Waals surface area contributed by atoms with E-state index in [2.05, 4.69) is 15.4 Å². The number of anilines is 1. The van der Waals surface area contributed by atoms with E-state index in [0.29, 0.717) is 24.0 Å². The van der Waals surface area contributed by atoms with Gasteiger partial charge < -0.3 is 4.74 Å². The van der Waals surface area contributed by atoms with E-state index in [1.165, 1.54) is 0 Å². The van der Waals surface area contributed by atoms with Crippen molar-refractivity contribution >= 4 is 17.3 Å². The summed E-state index contributed by atoms with van der Waals surface area (Å²) in [6.07, 6.45) is 5.56. The quantitative estimate of drug-likeness (QED) is 0.796. The number of benzene rings is 1. The molecule has 24 heavy (non-hydrogen) atoms. The lowest BCUT2D eigenvalue weighted by atomic mass is 10.1. The first-order valence-corrected chi connectivity index (χ1v) is 8.04. The van der Waals surface area contributed by atoms with Crippen LogP contribution in [0.3, 0.4) is 0 Å². The average Bonchev–Trinajstić information content (AvgIpc) is 3.30. The van der Waals surface area contributed by atoms with Crippen molar-refractivity contribution in [1.29, 1.82) is 0 Å². The van der Waals surface area contributed by atoms with Crippen LogP contribution >= 0.6 is 0 Å². The normalized spacial score (nSPS) is 13.9. The van der Waals surface area contributed by atoms with Crippen LogP contribution in [0.5, 0.6) is 0 Å². The van der Waals surface area contributed by atoms with Gasteiger partial charge in [-0.15, -0.1) is 5.10 Å². The molecule has 4 rings (SSSR count). The molecule has 1 fully saturated rings. The Bertz CT molecular complexity index is 899. The van der Waals surface area contributed by atoms with Gasteiger partial charge in [0.05, 0.1) is 18.3 Å². The number of nitrogens with zero attached hydrogens (tertiary/aromatic N) is 3. The fourth-order valence-electron chi connectivity index (χ4n) is 2.53. The van der Waals surface area contributed by atoms with Gasteiger partial charge in [0.2, 0.25) is 0 Å². The first-order chi connectivity index (χ1) is 11.7. The van der Waals surface area contributed by atoms with Crippen LogP contribution in [0.1, 0.15) is 18.4 Å².